The van der Waals surface area contributed by atoms with Gasteiger partial charge in [-0.15, -0.1) is 0 Å². The topological polar surface area (TPSA) is 121 Å². The number of carbonyl (C=O) groups excluding carboxylic acids is 2. The number of carboxylic acid groups (broad SMARTS) is 2. The summed E-state index contributed by atoms with van der Waals surface area (Å²) in [6, 6.07) is -1.75. The van der Waals surface area contributed by atoms with E-state index in [1.807, 2.05) is 0 Å². The summed E-state index contributed by atoms with van der Waals surface area (Å²) in [5, 5.41) is 18.1. The zero-order chi connectivity index (χ0) is 15.7. The fourth-order valence-corrected chi connectivity index (χ4v) is 1.96. The van der Waals surface area contributed by atoms with Crippen molar-refractivity contribution < 1.29 is 34.1 Å². The maximum Gasteiger partial charge on any atom is 0.411 e. The van der Waals surface area contributed by atoms with Crippen molar-refractivity contribution in [1.82, 2.24) is 4.90 Å². The molecule has 0 aromatic rings. The predicted octanol–water partition coefficient (Wildman–Crippen LogP) is 0.350. The third kappa shape index (κ3) is 3.46. The average Bonchev–Trinajstić information content (AvgIpc) is 2.24. The molecule has 0 aliphatic carbocycles. The summed E-state index contributed by atoms with van der Waals surface area (Å²) in [4.78, 5) is 46.6. The van der Waals surface area contributed by atoms with Crippen LogP contribution in [0.1, 0.15) is 27.2 Å². The van der Waals surface area contributed by atoms with Crippen molar-refractivity contribution in [3.63, 3.8) is 0 Å². The Hall–Kier alpha value is -2.12. The fourth-order valence-electron chi connectivity index (χ4n) is 1.96. The summed E-state index contributed by atoms with van der Waals surface area (Å²) >= 11 is 0. The number of amides is 1. The first-order valence-electron chi connectivity index (χ1n) is 6.02. The van der Waals surface area contributed by atoms with Crippen molar-refractivity contribution in [2.24, 2.45) is 5.92 Å². The van der Waals surface area contributed by atoms with Crippen LogP contribution >= 0.6 is 0 Å². The highest BCUT2D eigenvalue weighted by molar-refractivity contribution is 6.04. The number of carboxylic acids is 2. The lowest BCUT2D eigenvalue weighted by Gasteiger charge is -2.36. The molecule has 1 aliphatic heterocycles. The third-order valence-corrected chi connectivity index (χ3v) is 2.74. The van der Waals surface area contributed by atoms with Gasteiger partial charge >= 0.3 is 18.0 Å². The number of ether oxygens (including phenoxy) is 1. The summed E-state index contributed by atoms with van der Waals surface area (Å²) in [7, 11) is 0. The van der Waals surface area contributed by atoms with Crippen molar-refractivity contribution in [3.05, 3.63) is 0 Å². The Bertz CT molecular complexity index is 451. The van der Waals surface area contributed by atoms with E-state index >= 15 is 0 Å². The number of Topliss-reactive ketones (excluding diaryl/α,β-unsaturated/α-hetero) is 1. The lowest BCUT2D eigenvalue weighted by Crippen LogP contribution is -2.58. The molecule has 8 nitrogen and oxygen atoms in total. The number of nitrogens with zero attached hydrogens (tertiary/aromatic N) is 1. The molecule has 112 valence electrons. The largest absolute Gasteiger partial charge is 0.481 e. The van der Waals surface area contributed by atoms with Crippen LogP contribution in [0, 0.1) is 5.92 Å². The Morgan fingerprint density at radius 1 is 1.20 bits per heavy atom. The first-order valence-corrected chi connectivity index (χ1v) is 6.02. The van der Waals surface area contributed by atoms with Crippen molar-refractivity contribution in [2.75, 3.05) is 6.54 Å². The molecule has 2 N–H and O–H groups in total. The Morgan fingerprint density at radius 3 is 2.15 bits per heavy atom. The number of rotatable bonds is 2. The maximum atomic E-state index is 11.9. The first kappa shape index (κ1) is 15.9. The van der Waals surface area contributed by atoms with Gasteiger partial charge in [-0.2, -0.15) is 0 Å². The molecule has 20 heavy (non-hydrogen) atoms. The van der Waals surface area contributed by atoms with E-state index in [0.29, 0.717) is 0 Å². The summed E-state index contributed by atoms with van der Waals surface area (Å²) in [5.74, 6) is -5.58. The highest BCUT2D eigenvalue weighted by Crippen LogP contribution is 2.24. The molecule has 2 atom stereocenters. The molecule has 0 radical (unpaired) electrons. The van der Waals surface area contributed by atoms with Gasteiger partial charge in [0.05, 0.1) is 0 Å². The third-order valence-electron chi connectivity index (χ3n) is 2.74. The Labute approximate surface area is 115 Å². The zero-order valence-electron chi connectivity index (χ0n) is 11.5. The number of carbonyl (C=O) groups is 4. The zero-order valence-corrected chi connectivity index (χ0v) is 11.5. The van der Waals surface area contributed by atoms with Crippen LogP contribution in [0.15, 0.2) is 0 Å². The van der Waals surface area contributed by atoms with Crippen LogP contribution in [0.5, 0.6) is 0 Å². The van der Waals surface area contributed by atoms with Gasteiger partial charge in [-0.05, 0) is 20.8 Å². The van der Waals surface area contributed by atoms with E-state index in [1.54, 1.807) is 20.8 Å². The molecule has 0 aromatic heterocycles. The molecule has 0 aromatic carbocycles. The molecular weight excluding hydrogens is 270 g/mol. The smallest absolute Gasteiger partial charge is 0.411 e. The highest BCUT2D eigenvalue weighted by atomic mass is 16.6. The number of aliphatic carboxylic acids is 2. The van der Waals surface area contributed by atoms with E-state index in [1.165, 1.54) is 0 Å². The van der Waals surface area contributed by atoms with Crippen LogP contribution in [0.4, 0.5) is 4.79 Å². The lowest BCUT2D eigenvalue weighted by atomic mass is 9.88. The summed E-state index contributed by atoms with van der Waals surface area (Å²) < 4.78 is 5.04. The van der Waals surface area contributed by atoms with Gasteiger partial charge in [-0.1, -0.05) is 0 Å². The second-order valence-corrected chi connectivity index (χ2v) is 5.49. The molecule has 1 unspecified atom stereocenters. The van der Waals surface area contributed by atoms with Gasteiger partial charge in [0.25, 0.3) is 0 Å². The number of ketones is 1. The minimum atomic E-state index is -1.77. The van der Waals surface area contributed by atoms with Crippen molar-refractivity contribution in [3.8, 4) is 0 Å². The second kappa shape index (κ2) is 5.48. The Balaban J connectivity index is 3.06. The van der Waals surface area contributed by atoms with E-state index in [0.717, 1.165) is 4.90 Å². The average molecular weight is 287 g/mol. The SMILES string of the molecule is CC(C)(C)OC(=O)N1CCC(=O)C(C(=O)O)[C@@H]1C(=O)O. The van der Waals surface area contributed by atoms with Gasteiger partial charge in [0.15, 0.2) is 11.8 Å². The van der Waals surface area contributed by atoms with Gasteiger partial charge in [-0.3, -0.25) is 14.5 Å². The Kier molecular flexibility index (Phi) is 4.36. The highest BCUT2D eigenvalue weighted by Gasteiger charge is 2.48. The molecule has 1 saturated heterocycles. The van der Waals surface area contributed by atoms with Crippen LogP contribution in [0.25, 0.3) is 0 Å². The molecule has 1 heterocycles. The van der Waals surface area contributed by atoms with E-state index in [4.69, 9.17) is 14.9 Å². The fraction of sp³-hybridized carbons (Fsp3) is 0.667. The van der Waals surface area contributed by atoms with Crippen LogP contribution in [0.2, 0.25) is 0 Å². The van der Waals surface area contributed by atoms with E-state index in [2.05, 4.69) is 0 Å². The molecule has 1 aliphatic rings. The standard InChI is InChI=1S/C12H17NO7/c1-12(2,3)20-11(19)13-5-4-6(14)7(9(15)16)8(13)10(17)18/h7-8H,4-5H2,1-3H3,(H,15,16)(H,17,18)/t7?,8-/m1/s1. The van der Waals surface area contributed by atoms with Gasteiger partial charge in [-0.25, -0.2) is 9.59 Å². The van der Waals surface area contributed by atoms with E-state index < -0.39 is 41.4 Å². The maximum absolute atomic E-state index is 11.9. The monoisotopic (exact) mass is 287 g/mol. The summed E-state index contributed by atoms with van der Waals surface area (Å²) in [5.41, 5.74) is -0.847. The predicted molar refractivity (Wildman–Crippen MR) is 65.1 cm³/mol. The Morgan fingerprint density at radius 2 is 1.75 bits per heavy atom. The summed E-state index contributed by atoms with van der Waals surface area (Å²) in [6.07, 6.45) is -1.15. The molecule has 8 heteroatoms. The van der Waals surface area contributed by atoms with Gasteiger partial charge in [0.1, 0.15) is 11.5 Å². The number of hydrogen-bond acceptors (Lipinski definition) is 5. The van der Waals surface area contributed by atoms with Crippen molar-refractivity contribution in [1.29, 1.82) is 0 Å². The minimum Gasteiger partial charge on any atom is -0.481 e. The molecular formula is C12H17NO7. The lowest BCUT2D eigenvalue weighted by molar-refractivity contribution is -0.161. The van der Waals surface area contributed by atoms with E-state index in [9.17, 15) is 19.2 Å². The first-order chi connectivity index (χ1) is 9.04. The quantitative estimate of drug-likeness (QED) is 0.703. The number of hydrogen-bond donors (Lipinski definition) is 2. The van der Waals surface area contributed by atoms with E-state index in [-0.39, 0.29) is 13.0 Å². The van der Waals surface area contributed by atoms with Crippen LogP contribution in [-0.4, -0.2) is 57.1 Å². The summed E-state index contributed by atoms with van der Waals surface area (Å²) in [6.45, 7) is 4.63. The molecule has 0 saturated carbocycles. The van der Waals surface area contributed by atoms with Crippen LogP contribution in [0.3, 0.4) is 0 Å². The molecule has 0 bridgehead atoms. The normalized spacial score (nSPS) is 23.4. The van der Waals surface area contributed by atoms with Gasteiger partial charge in [0, 0.05) is 13.0 Å². The van der Waals surface area contributed by atoms with Crippen molar-refractivity contribution in [2.45, 2.75) is 38.8 Å². The second-order valence-electron chi connectivity index (χ2n) is 5.49. The van der Waals surface area contributed by atoms with Crippen LogP contribution < -0.4 is 0 Å². The van der Waals surface area contributed by atoms with Gasteiger partial charge in [0.2, 0.25) is 0 Å². The molecule has 1 rings (SSSR count). The number of piperidine rings is 1. The van der Waals surface area contributed by atoms with Crippen molar-refractivity contribution >= 4 is 23.8 Å². The number of likely N-dealkylation sites (tertiary alicyclic amines) is 1. The minimum absolute atomic E-state index is 0.172. The molecule has 1 fully saturated rings. The molecule has 0 spiro atoms. The molecule has 1 amide bonds. The van der Waals surface area contributed by atoms with Gasteiger partial charge < -0.3 is 14.9 Å². The van der Waals surface area contributed by atoms with Crippen LogP contribution in [-0.2, 0) is 19.1 Å².